The van der Waals surface area contributed by atoms with Gasteiger partial charge in [0.1, 0.15) is 0 Å². The van der Waals surface area contributed by atoms with E-state index in [9.17, 15) is 8.42 Å². The van der Waals surface area contributed by atoms with Crippen LogP contribution in [0.3, 0.4) is 0 Å². The summed E-state index contributed by atoms with van der Waals surface area (Å²) in [5, 5.41) is 4.75. The molecule has 5 nitrogen and oxygen atoms in total. The number of nitrogens with zero attached hydrogens (tertiary/aromatic N) is 1. The average molecular weight is 332 g/mol. The number of nitrogens with one attached hydrogen (secondary N) is 2. The Bertz CT molecular complexity index is 561. The van der Waals surface area contributed by atoms with Gasteiger partial charge in [0.25, 0.3) is 0 Å². The first-order valence-electron chi connectivity index (χ1n) is 7.29. The Balaban J connectivity index is 2.06. The summed E-state index contributed by atoms with van der Waals surface area (Å²) >= 11 is 1.47. The third kappa shape index (κ3) is 3.84. The van der Waals surface area contributed by atoms with Crippen LogP contribution in [0.4, 0.5) is 0 Å². The highest BCUT2D eigenvalue weighted by atomic mass is 32.2. The second-order valence-corrected chi connectivity index (χ2v) is 8.69. The Morgan fingerprint density at radius 2 is 2.00 bits per heavy atom. The predicted octanol–water partition coefficient (Wildman–Crippen LogP) is 1.62. The van der Waals surface area contributed by atoms with Crippen LogP contribution in [-0.2, 0) is 16.6 Å². The lowest BCUT2D eigenvalue weighted by molar-refractivity contribution is 0.162. The molecule has 0 unspecified atom stereocenters. The number of rotatable bonds is 7. The molecule has 21 heavy (non-hydrogen) atoms. The van der Waals surface area contributed by atoms with Gasteiger partial charge < -0.3 is 10.2 Å². The summed E-state index contributed by atoms with van der Waals surface area (Å²) in [4.78, 5) is 3.58. The number of hydrogen-bond acceptors (Lipinski definition) is 5. The minimum absolute atomic E-state index is 0.0309. The van der Waals surface area contributed by atoms with E-state index in [2.05, 4.69) is 14.9 Å². The summed E-state index contributed by atoms with van der Waals surface area (Å²) < 4.78 is 27.7. The molecule has 1 saturated carbocycles. The van der Waals surface area contributed by atoms with Crippen molar-refractivity contribution < 1.29 is 8.42 Å². The van der Waals surface area contributed by atoms with Crippen molar-refractivity contribution in [2.24, 2.45) is 0 Å². The van der Waals surface area contributed by atoms with E-state index in [0.29, 0.717) is 18.0 Å². The fraction of sp³-hybridized carbons (Fsp3) is 0.714. The zero-order valence-electron chi connectivity index (χ0n) is 13.0. The fourth-order valence-corrected chi connectivity index (χ4v) is 5.30. The second kappa shape index (κ2) is 6.75. The molecule has 1 fully saturated rings. The average Bonchev–Trinajstić information content (AvgIpc) is 3.07. The highest BCUT2D eigenvalue weighted by Gasteiger charge is 2.37. The summed E-state index contributed by atoms with van der Waals surface area (Å²) in [5.74, 6) is 0. The Hall–Kier alpha value is -0.470. The first kappa shape index (κ1) is 16.9. The van der Waals surface area contributed by atoms with Crippen molar-refractivity contribution in [3.05, 3.63) is 16.3 Å². The van der Waals surface area contributed by atoms with Crippen LogP contribution >= 0.6 is 11.3 Å². The van der Waals surface area contributed by atoms with E-state index in [1.807, 2.05) is 21.1 Å². The standard InChI is InChI=1S/C14H25N3O2S2/c1-15-9-12-8-13(10-20-12)21(18,19)16-11-14(17(2)3)6-4-5-7-14/h8,10,15-16H,4-7,9,11H2,1-3H3. The molecule has 1 aliphatic rings. The van der Waals surface area contributed by atoms with E-state index < -0.39 is 10.0 Å². The molecule has 0 aliphatic heterocycles. The Morgan fingerprint density at radius 3 is 2.57 bits per heavy atom. The van der Waals surface area contributed by atoms with Crippen LogP contribution in [-0.4, -0.2) is 46.5 Å². The van der Waals surface area contributed by atoms with Crippen molar-refractivity contribution in [1.29, 1.82) is 0 Å². The number of likely N-dealkylation sites (N-methyl/N-ethyl adjacent to an activating group) is 1. The van der Waals surface area contributed by atoms with E-state index in [4.69, 9.17) is 0 Å². The zero-order valence-corrected chi connectivity index (χ0v) is 14.6. The highest BCUT2D eigenvalue weighted by Crippen LogP contribution is 2.33. The van der Waals surface area contributed by atoms with Crippen LogP contribution in [0, 0.1) is 0 Å². The van der Waals surface area contributed by atoms with Gasteiger partial charge in [-0.25, -0.2) is 13.1 Å². The molecule has 2 rings (SSSR count). The van der Waals surface area contributed by atoms with Crippen molar-refractivity contribution in [3.8, 4) is 0 Å². The molecule has 0 spiro atoms. The molecular formula is C14H25N3O2S2. The summed E-state index contributed by atoms with van der Waals surface area (Å²) in [6.07, 6.45) is 4.45. The van der Waals surface area contributed by atoms with Gasteiger partial charge in [-0.3, -0.25) is 0 Å². The molecule has 0 aromatic carbocycles. The van der Waals surface area contributed by atoms with Gasteiger partial charge in [0, 0.05) is 28.9 Å². The number of hydrogen-bond donors (Lipinski definition) is 2. The predicted molar refractivity (Wildman–Crippen MR) is 87.2 cm³/mol. The molecule has 120 valence electrons. The molecule has 0 bridgehead atoms. The molecular weight excluding hydrogens is 306 g/mol. The summed E-state index contributed by atoms with van der Waals surface area (Å²) in [5.41, 5.74) is -0.0309. The molecule has 7 heteroatoms. The van der Waals surface area contributed by atoms with Crippen LogP contribution in [0.5, 0.6) is 0 Å². The van der Waals surface area contributed by atoms with Gasteiger partial charge in [0.15, 0.2) is 0 Å². The van der Waals surface area contributed by atoms with E-state index in [1.54, 1.807) is 11.4 Å². The molecule has 2 N–H and O–H groups in total. The maximum atomic E-state index is 12.4. The molecule has 0 atom stereocenters. The molecule has 0 saturated heterocycles. The van der Waals surface area contributed by atoms with Crippen LogP contribution in [0.1, 0.15) is 30.6 Å². The molecule has 0 radical (unpaired) electrons. The van der Waals surface area contributed by atoms with E-state index in [-0.39, 0.29) is 5.54 Å². The van der Waals surface area contributed by atoms with Gasteiger partial charge in [0.05, 0.1) is 4.90 Å². The van der Waals surface area contributed by atoms with Crippen molar-refractivity contribution in [2.45, 2.75) is 42.7 Å². The van der Waals surface area contributed by atoms with Gasteiger partial charge in [-0.05, 0) is 40.1 Å². The summed E-state index contributed by atoms with van der Waals surface area (Å²) in [7, 11) is 2.52. The molecule has 1 heterocycles. The third-order valence-corrected chi connectivity index (χ3v) is 6.83. The highest BCUT2D eigenvalue weighted by molar-refractivity contribution is 7.89. The molecule has 0 amide bonds. The maximum Gasteiger partial charge on any atom is 0.241 e. The van der Waals surface area contributed by atoms with Crippen molar-refractivity contribution >= 4 is 21.4 Å². The number of sulfonamides is 1. The van der Waals surface area contributed by atoms with E-state index in [0.717, 1.165) is 17.7 Å². The van der Waals surface area contributed by atoms with E-state index >= 15 is 0 Å². The van der Waals surface area contributed by atoms with Crippen LogP contribution in [0.25, 0.3) is 0 Å². The van der Waals surface area contributed by atoms with Gasteiger partial charge >= 0.3 is 0 Å². The van der Waals surface area contributed by atoms with Crippen LogP contribution < -0.4 is 10.0 Å². The molecule has 1 aromatic heterocycles. The van der Waals surface area contributed by atoms with Gasteiger partial charge in [0.2, 0.25) is 10.0 Å². The van der Waals surface area contributed by atoms with Crippen molar-refractivity contribution in [3.63, 3.8) is 0 Å². The minimum Gasteiger partial charge on any atom is -0.315 e. The minimum atomic E-state index is -3.41. The maximum absolute atomic E-state index is 12.4. The van der Waals surface area contributed by atoms with Crippen molar-refractivity contribution in [2.75, 3.05) is 27.7 Å². The third-order valence-electron chi connectivity index (χ3n) is 4.37. The van der Waals surface area contributed by atoms with Crippen LogP contribution in [0.15, 0.2) is 16.3 Å². The first-order valence-corrected chi connectivity index (χ1v) is 9.65. The van der Waals surface area contributed by atoms with Crippen molar-refractivity contribution in [1.82, 2.24) is 14.9 Å². The normalized spacial score (nSPS) is 18.5. The SMILES string of the molecule is CNCc1cc(S(=O)(=O)NCC2(N(C)C)CCCC2)cs1. The van der Waals surface area contributed by atoms with Gasteiger partial charge in [-0.2, -0.15) is 0 Å². The lowest BCUT2D eigenvalue weighted by Gasteiger charge is -2.36. The summed E-state index contributed by atoms with van der Waals surface area (Å²) in [6, 6.07) is 1.75. The summed E-state index contributed by atoms with van der Waals surface area (Å²) in [6.45, 7) is 1.18. The lowest BCUT2D eigenvalue weighted by atomic mass is 9.97. The topological polar surface area (TPSA) is 61.4 Å². The number of thiophene rings is 1. The lowest BCUT2D eigenvalue weighted by Crippen LogP contribution is -2.50. The zero-order chi connectivity index (χ0) is 15.5. The smallest absolute Gasteiger partial charge is 0.241 e. The fourth-order valence-electron chi connectivity index (χ4n) is 2.90. The Morgan fingerprint density at radius 1 is 1.33 bits per heavy atom. The monoisotopic (exact) mass is 331 g/mol. The van der Waals surface area contributed by atoms with E-state index in [1.165, 1.54) is 24.2 Å². The van der Waals surface area contributed by atoms with Gasteiger partial charge in [-0.1, -0.05) is 12.8 Å². The Kier molecular flexibility index (Phi) is 5.43. The quantitative estimate of drug-likeness (QED) is 0.797. The van der Waals surface area contributed by atoms with Crippen LogP contribution in [0.2, 0.25) is 0 Å². The first-order chi connectivity index (χ1) is 9.89. The Labute approximate surface area is 131 Å². The largest absolute Gasteiger partial charge is 0.315 e. The van der Waals surface area contributed by atoms with Gasteiger partial charge in [-0.15, -0.1) is 11.3 Å². The molecule has 1 aromatic rings. The molecule has 1 aliphatic carbocycles. The second-order valence-electron chi connectivity index (χ2n) is 5.93.